The normalized spacial score (nSPS) is 51.5. The minimum Gasteiger partial charge on any atom is -0.393 e. The summed E-state index contributed by atoms with van der Waals surface area (Å²) in [5, 5.41) is 9.62. The smallest absolute Gasteiger partial charge is 0.0582 e. The topological polar surface area (TPSA) is 20.2 Å². The lowest BCUT2D eigenvalue weighted by Crippen LogP contribution is -2.24. The number of fused-ring (bicyclic) bond motifs is 1. The molecule has 0 spiro atoms. The molecule has 2 fully saturated rings. The average Bonchev–Trinajstić information content (AvgIpc) is 2.60. The molecule has 2 unspecified atom stereocenters. The molecule has 1 N–H and O–H groups in total. The fourth-order valence-electron chi connectivity index (χ4n) is 2.77. The van der Waals surface area contributed by atoms with Gasteiger partial charge < -0.3 is 5.11 Å². The number of aliphatic hydroxyl groups is 1. The largest absolute Gasteiger partial charge is 0.393 e. The summed E-state index contributed by atoms with van der Waals surface area (Å²) in [5.41, 5.74) is 0.276. The zero-order chi connectivity index (χ0) is 8.06. The lowest BCUT2D eigenvalue weighted by molar-refractivity contribution is 0.0826. The Morgan fingerprint density at radius 3 is 2.73 bits per heavy atom. The van der Waals surface area contributed by atoms with Crippen molar-refractivity contribution in [3.05, 3.63) is 0 Å². The molecule has 0 bridgehead atoms. The summed E-state index contributed by atoms with van der Waals surface area (Å²) in [6.07, 6.45) is 5.11. The van der Waals surface area contributed by atoms with Crippen LogP contribution in [0.5, 0.6) is 0 Å². The first-order valence-corrected chi connectivity index (χ1v) is 5.43. The number of hydrogen-bond acceptors (Lipinski definition) is 1. The highest BCUT2D eigenvalue weighted by Gasteiger charge is 2.65. The van der Waals surface area contributed by atoms with Gasteiger partial charge in [-0.15, -0.1) is 0 Å². The van der Waals surface area contributed by atoms with E-state index in [2.05, 4.69) is 15.9 Å². The molecule has 2 saturated carbocycles. The molecule has 2 aliphatic carbocycles. The zero-order valence-electron chi connectivity index (χ0n) is 6.89. The molecule has 2 rings (SSSR count). The van der Waals surface area contributed by atoms with E-state index in [-0.39, 0.29) is 11.5 Å². The Morgan fingerprint density at radius 1 is 1.55 bits per heavy atom. The maximum absolute atomic E-state index is 9.62. The van der Waals surface area contributed by atoms with Crippen LogP contribution in [0.2, 0.25) is 0 Å². The molecule has 1 nitrogen and oxygen atoms in total. The lowest BCUT2D eigenvalue weighted by atomic mass is 9.85. The van der Waals surface area contributed by atoms with Crippen LogP contribution < -0.4 is 0 Å². The number of alkyl halides is 1. The molecule has 0 radical (unpaired) electrons. The van der Waals surface area contributed by atoms with Crippen LogP contribution in [0.1, 0.15) is 32.6 Å². The van der Waals surface area contributed by atoms with E-state index in [1.54, 1.807) is 0 Å². The fraction of sp³-hybridized carbons (Fsp3) is 1.00. The second kappa shape index (κ2) is 2.46. The molecule has 0 heterocycles. The van der Waals surface area contributed by atoms with Gasteiger partial charge in [0.1, 0.15) is 0 Å². The summed E-state index contributed by atoms with van der Waals surface area (Å²) < 4.78 is 0. The van der Waals surface area contributed by atoms with Crippen LogP contribution in [0, 0.1) is 11.3 Å². The molecule has 0 aliphatic heterocycles. The van der Waals surface area contributed by atoms with Crippen molar-refractivity contribution in [1.29, 1.82) is 0 Å². The van der Waals surface area contributed by atoms with Crippen molar-refractivity contribution in [2.75, 3.05) is 0 Å². The maximum atomic E-state index is 9.62. The summed E-state index contributed by atoms with van der Waals surface area (Å²) in [6.45, 7) is 1.94. The Bertz CT molecular complexity index is 169. The minimum absolute atomic E-state index is 0.114. The van der Waals surface area contributed by atoms with Gasteiger partial charge in [0.25, 0.3) is 0 Å². The van der Waals surface area contributed by atoms with Gasteiger partial charge in [-0.05, 0) is 25.7 Å². The first-order chi connectivity index (χ1) is 5.19. The second-order valence-electron chi connectivity index (χ2n) is 4.04. The van der Waals surface area contributed by atoms with Gasteiger partial charge >= 0.3 is 0 Å². The lowest BCUT2D eigenvalue weighted by Gasteiger charge is -2.24. The first-order valence-electron chi connectivity index (χ1n) is 4.51. The Morgan fingerprint density at radius 2 is 2.27 bits per heavy atom. The van der Waals surface area contributed by atoms with Crippen molar-refractivity contribution in [2.45, 2.75) is 43.5 Å². The van der Waals surface area contributed by atoms with Gasteiger partial charge in [-0.25, -0.2) is 0 Å². The molecular formula is C9H15BrO. The third-order valence-corrected chi connectivity index (χ3v) is 5.09. The third kappa shape index (κ3) is 0.919. The van der Waals surface area contributed by atoms with E-state index in [0.29, 0.717) is 4.83 Å². The summed E-state index contributed by atoms with van der Waals surface area (Å²) in [6, 6.07) is 0. The Balaban J connectivity index is 2.13. The van der Waals surface area contributed by atoms with E-state index in [1.165, 1.54) is 25.7 Å². The molecule has 11 heavy (non-hydrogen) atoms. The number of hydrogen-bond donors (Lipinski definition) is 1. The van der Waals surface area contributed by atoms with Gasteiger partial charge in [0, 0.05) is 10.2 Å². The summed E-state index contributed by atoms with van der Waals surface area (Å²) in [7, 11) is 0. The van der Waals surface area contributed by atoms with Gasteiger partial charge in [0.15, 0.2) is 0 Å². The van der Waals surface area contributed by atoms with Crippen molar-refractivity contribution in [3.63, 3.8) is 0 Å². The van der Waals surface area contributed by atoms with E-state index < -0.39 is 0 Å². The summed E-state index contributed by atoms with van der Waals surface area (Å²) in [4.78, 5) is 0.609. The molecule has 2 heteroatoms. The highest BCUT2D eigenvalue weighted by atomic mass is 79.9. The van der Waals surface area contributed by atoms with Crippen LogP contribution in [0.15, 0.2) is 0 Å². The summed E-state index contributed by atoms with van der Waals surface area (Å²) in [5.74, 6) is 0.774. The van der Waals surface area contributed by atoms with E-state index >= 15 is 0 Å². The molecule has 0 aromatic heterocycles. The molecular weight excluding hydrogens is 204 g/mol. The van der Waals surface area contributed by atoms with Gasteiger partial charge in [-0.1, -0.05) is 28.8 Å². The van der Waals surface area contributed by atoms with Crippen LogP contribution in [0.3, 0.4) is 0 Å². The van der Waals surface area contributed by atoms with Gasteiger partial charge in [-0.3, -0.25) is 0 Å². The number of halogens is 1. The Hall–Kier alpha value is 0.440. The third-order valence-electron chi connectivity index (χ3n) is 3.60. The minimum atomic E-state index is -0.114. The number of rotatable bonds is 1. The fourth-order valence-corrected chi connectivity index (χ4v) is 4.33. The predicted octanol–water partition coefficient (Wildman–Crippen LogP) is 2.32. The van der Waals surface area contributed by atoms with Crippen molar-refractivity contribution >= 4 is 15.9 Å². The van der Waals surface area contributed by atoms with E-state index in [0.717, 1.165) is 5.92 Å². The molecule has 0 amide bonds. The van der Waals surface area contributed by atoms with Crippen molar-refractivity contribution in [1.82, 2.24) is 0 Å². The average molecular weight is 219 g/mol. The van der Waals surface area contributed by atoms with Crippen LogP contribution in [0.4, 0.5) is 0 Å². The SMILES string of the molecule is CC(O)[C@@]12CCCC[C@@H]1C2Br. The van der Waals surface area contributed by atoms with Gasteiger partial charge in [0.05, 0.1) is 6.10 Å². The van der Waals surface area contributed by atoms with E-state index in [4.69, 9.17) is 0 Å². The van der Waals surface area contributed by atoms with Crippen molar-refractivity contribution in [2.24, 2.45) is 11.3 Å². The first kappa shape index (κ1) is 8.06. The molecule has 64 valence electrons. The molecule has 0 saturated heterocycles. The van der Waals surface area contributed by atoms with E-state index in [9.17, 15) is 5.11 Å². The molecule has 4 atom stereocenters. The zero-order valence-corrected chi connectivity index (χ0v) is 8.47. The summed E-state index contributed by atoms with van der Waals surface area (Å²) >= 11 is 3.67. The molecule has 2 aliphatic rings. The van der Waals surface area contributed by atoms with Crippen LogP contribution >= 0.6 is 15.9 Å². The molecule has 0 aromatic rings. The van der Waals surface area contributed by atoms with Crippen molar-refractivity contribution < 1.29 is 5.11 Å². The quantitative estimate of drug-likeness (QED) is 0.671. The highest BCUT2D eigenvalue weighted by Crippen LogP contribution is 2.66. The Kier molecular flexibility index (Phi) is 1.80. The van der Waals surface area contributed by atoms with Crippen LogP contribution in [0.25, 0.3) is 0 Å². The second-order valence-corrected chi connectivity index (χ2v) is 5.03. The van der Waals surface area contributed by atoms with Crippen LogP contribution in [-0.4, -0.2) is 16.0 Å². The number of aliphatic hydroxyl groups excluding tert-OH is 1. The molecule has 0 aromatic carbocycles. The highest BCUT2D eigenvalue weighted by molar-refractivity contribution is 9.09. The standard InChI is InChI=1S/C9H15BrO/c1-6(11)9-5-3-2-4-7(9)8(9)10/h6-8,11H,2-5H2,1H3/t6?,7-,8?,9+/m1/s1. The van der Waals surface area contributed by atoms with Crippen LogP contribution in [-0.2, 0) is 0 Å². The van der Waals surface area contributed by atoms with Gasteiger partial charge in [-0.2, -0.15) is 0 Å². The van der Waals surface area contributed by atoms with E-state index in [1.807, 2.05) is 6.92 Å². The predicted molar refractivity (Wildman–Crippen MR) is 48.8 cm³/mol. The Labute approximate surface area is 76.3 Å². The van der Waals surface area contributed by atoms with Gasteiger partial charge in [0.2, 0.25) is 0 Å². The van der Waals surface area contributed by atoms with Crippen molar-refractivity contribution in [3.8, 4) is 0 Å². The monoisotopic (exact) mass is 218 g/mol. The maximum Gasteiger partial charge on any atom is 0.0582 e.